The molecule has 0 bridgehead atoms. The number of aromatic nitrogens is 3. The number of carbonyl (C=O) groups excluding carboxylic acids is 1. The van der Waals surface area contributed by atoms with Crippen LogP contribution < -0.4 is 4.84 Å². The number of fused-ring (bicyclic) bond motifs is 1. The number of hydrogen-bond acceptors (Lipinski definition) is 4. The van der Waals surface area contributed by atoms with Gasteiger partial charge in [0.25, 0.3) is 0 Å². The van der Waals surface area contributed by atoms with E-state index in [-0.39, 0.29) is 22.4 Å². The maximum Gasteiger partial charge on any atom is 0.493 e. The summed E-state index contributed by atoms with van der Waals surface area (Å²) in [5.74, 6) is -2.29. The van der Waals surface area contributed by atoms with Gasteiger partial charge in [-0.25, -0.2) is 14.8 Å². The van der Waals surface area contributed by atoms with E-state index < -0.39 is 12.1 Å². The molecule has 1 aromatic carbocycles. The van der Waals surface area contributed by atoms with Crippen molar-refractivity contribution in [1.29, 1.82) is 0 Å². The average molecular weight is 442 g/mol. The zero-order chi connectivity index (χ0) is 20.0. The molecule has 0 fully saturated rings. The van der Waals surface area contributed by atoms with Crippen molar-refractivity contribution in [2.45, 2.75) is 32.4 Å². The molecule has 3 aromatic rings. The second-order valence-corrected chi connectivity index (χ2v) is 7.85. The van der Waals surface area contributed by atoms with Gasteiger partial charge in [0, 0.05) is 16.2 Å². The molecule has 0 saturated heterocycles. The van der Waals surface area contributed by atoms with E-state index in [4.69, 9.17) is 0 Å². The predicted molar refractivity (Wildman–Crippen MR) is 97.0 cm³/mol. The van der Waals surface area contributed by atoms with E-state index in [1.807, 2.05) is 32.9 Å². The molecule has 5 nitrogen and oxygen atoms in total. The Labute approximate surface area is 161 Å². The third-order valence-electron chi connectivity index (χ3n) is 3.85. The van der Waals surface area contributed by atoms with Crippen molar-refractivity contribution in [3.05, 3.63) is 46.6 Å². The normalized spacial score (nSPS) is 12.4. The standard InChI is InChI=1S/C18H15BrF3N3O2/c1-17(2,3)11-6-4-10(5-7-11)15-24-14-13(8-12(19)9-23-14)25(15)27-16(26)18(20,21)22/h4-9H,1-3H3. The number of rotatable bonds is 2. The molecule has 0 radical (unpaired) electrons. The van der Waals surface area contributed by atoms with Gasteiger partial charge in [-0.05, 0) is 33.0 Å². The number of imidazole rings is 1. The summed E-state index contributed by atoms with van der Waals surface area (Å²) < 4.78 is 39.4. The van der Waals surface area contributed by atoms with Gasteiger partial charge in [0.15, 0.2) is 11.5 Å². The maximum absolute atomic E-state index is 12.7. The molecule has 0 amide bonds. The first-order chi connectivity index (χ1) is 12.5. The van der Waals surface area contributed by atoms with E-state index in [2.05, 4.69) is 30.7 Å². The molecule has 0 aliphatic carbocycles. The van der Waals surface area contributed by atoms with Crippen LogP contribution in [0.5, 0.6) is 0 Å². The molecule has 0 saturated carbocycles. The molecule has 2 aromatic heterocycles. The number of nitrogens with zero attached hydrogens (tertiary/aromatic N) is 3. The quantitative estimate of drug-likeness (QED) is 0.579. The highest BCUT2D eigenvalue weighted by Gasteiger charge is 2.42. The largest absolute Gasteiger partial charge is 0.493 e. The highest BCUT2D eigenvalue weighted by atomic mass is 79.9. The van der Waals surface area contributed by atoms with Crippen molar-refractivity contribution in [3.8, 4) is 11.4 Å². The van der Waals surface area contributed by atoms with Crippen LogP contribution in [0.2, 0.25) is 0 Å². The van der Waals surface area contributed by atoms with Gasteiger partial charge in [-0.15, -0.1) is 0 Å². The number of benzene rings is 1. The van der Waals surface area contributed by atoms with Crippen LogP contribution in [0.3, 0.4) is 0 Å². The lowest BCUT2D eigenvalue weighted by atomic mass is 9.87. The van der Waals surface area contributed by atoms with Crippen molar-refractivity contribution in [2.75, 3.05) is 0 Å². The first kappa shape index (κ1) is 19.3. The highest BCUT2D eigenvalue weighted by molar-refractivity contribution is 9.10. The monoisotopic (exact) mass is 441 g/mol. The van der Waals surface area contributed by atoms with Crippen LogP contribution in [-0.4, -0.2) is 26.8 Å². The van der Waals surface area contributed by atoms with Crippen molar-refractivity contribution < 1.29 is 22.8 Å². The van der Waals surface area contributed by atoms with Gasteiger partial charge in [-0.3, -0.25) is 0 Å². The Balaban J connectivity index is 2.14. The molecular formula is C18H15BrF3N3O2. The van der Waals surface area contributed by atoms with Crippen LogP contribution in [0.4, 0.5) is 13.2 Å². The Kier molecular flexibility index (Phi) is 4.75. The Morgan fingerprint density at radius 1 is 1.15 bits per heavy atom. The minimum absolute atomic E-state index is 0.0497. The van der Waals surface area contributed by atoms with Crippen LogP contribution in [0.25, 0.3) is 22.6 Å². The summed E-state index contributed by atoms with van der Waals surface area (Å²) in [6.07, 6.45) is -3.68. The lowest BCUT2D eigenvalue weighted by Crippen LogP contribution is -2.33. The molecule has 0 atom stereocenters. The summed E-state index contributed by atoms with van der Waals surface area (Å²) in [6.45, 7) is 6.14. The minimum atomic E-state index is -5.14. The van der Waals surface area contributed by atoms with E-state index >= 15 is 0 Å². The summed E-state index contributed by atoms with van der Waals surface area (Å²) in [7, 11) is 0. The fraction of sp³-hybridized carbons (Fsp3) is 0.278. The van der Waals surface area contributed by atoms with Crippen molar-refractivity contribution in [1.82, 2.24) is 14.7 Å². The summed E-state index contributed by atoms with van der Waals surface area (Å²) >= 11 is 3.20. The van der Waals surface area contributed by atoms with Crippen LogP contribution in [-0.2, 0) is 10.2 Å². The van der Waals surface area contributed by atoms with Gasteiger partial charge in [-0.2, -0.15) is 17.9 Å². The fourth-order valence-electron chi connectivity index (χ4n) is 2.44. The molecule has 0 unspecified atom stereocenters. The molecule has 3 rings (SSSR count). The van der Waals surface area contributed by atoms with E-state index in [9.17, 15) is 18.0 Å². The lowest BCUT2D eigenvalue weighted by molar-refractivity contribution is -0.199. The van der Waals surface area contributed by atoms with E-state index in [1.54, 1.807) is 12.1 Å². The van der Waals surface area contributed by atoms with Crippen LogP contribution in [0.15, 0.2) is 41.0 Å². The van der Waals surface area contributed by atoms with E-state index in [0.717, 1.165) is 10.3 Å². The molecule has 2 heterocycles. The lowest BCUT2D eigenvalue weighted by Gasteiger charge is -2.19. The topological polar surface area (TPSA) is 57.0 Å². The van der Waals surface area contributed by atoms with Crippen LogP contribution in [0, 0.1) is 0 Å². The first-order valence-electron chi connectivity index (χ1n) is 7.91. The molecule has 27 heavy (non-hydrogen) atoms. The van der Waals surface area contributed by atoms with Crippen LogP contribution in [0.1, 0.15) is 26.3 Å². The zero-order valence-electron chi connectivity index (χ0n) is 14.6. The average Bonchev–Trinajstić information content (AvgIpc) is 2.91. The molecule has 0 aliphatic heterocycles. The Hall–Kier alpha value is -2.42. The van der Waals surface area contributed by atoms with Gasteiger partial charge in [-0.1, -0.05) is 45.0 Å². The summed E-state index contributed by atoms with van der Waals surface area (Å²) in [5.41, 5.74) is 1.74. The first-order valence-corrected chi connectivity index (χ1v) is 8.70. The SMILES string of the molecule is CC(C)(C)c1ccc(-c2nc3ncc(Br)cc3n2OC(=O)C(F)(F)F)cc1. The van der Waals surface area contributed by atoms with E-state index in [0.29, 0.717) is 10.0 Å². The molecule has 0 N–H and O–H groups in total. The molecular weight excluding hydrogens is 427 g/mol. The Morgan fingerprint density at radius 2 is 1.78 bits per heavy atom. The Bertz CT molecular complexity index is 1010. The zero-order valence-corrected chi connectivity index (χ0v) is 16.2. The van der Waals surface area contributed by atoms with Crippen molar-refractivity contribution in [2.24, 2.45) is 0 Å². The number of pyridine rings is 1. The summed E-state index contributed by atoms with van der Waals surface area (Å²) in [4.78, 5) is 24.3. The second-order valence-electron chi connectivity index (χ2n) is 6.93. The number of alkyl halides is 3. The Morgan fingerprint density at radius 3 is 2.33 bits per heavy atom. The fourth-order valence-corrected chi connectivity index (χ4v) is 2.76. The van der Waals surface area contributed by atoms with Crippen molar-refractivity contribution >= 4 is 33.1 Å². The predicted octanol–water partition coefficient (Wildman–Crippen LogP) is 4.68. The van der Waals surface area contributed by atoms with Gasteiger partial charge < -0.3 is 4.84 Å². The number of hydrogen-bond donors (Lipinski definition) is 0. The second kappa shape index (κ2) is 6.63. The highest BCUT2D eigenvalue weighted by Crippen LogP contribution is 2.29. The smallest absolute Gasteiger partial charge is 0.326 e. The van der Waals surface area contributed by atoms with Crippen molar-refractivity contribution in [3.63, 3.8) is 0 Å². The minimum Gasteiger partial charge on any atom is -0.326 e. The van der Waals surface area contributed by atoms with Gasteiger partial charge >= 0.3 is 12.1 Å². The van der Waals surface area contributed by atoms with Gasteiger partial charge in [0.1, 0.15) is 5.52 Å². The van der Waals surface area contributed by atoms with Gasteiger partial charge in [0.2, 0.25) is 0 Å². The van der Waals surface area contributed by atoms with Crippen LogP contribution >= 0.6 is 15.9 Å². The molecule has 142 valence electrons. The third kappa shape index (κ3) is 3.97. The van der Waals surface area contributed by atoms with E-state index in [1.165, 1.54) is 12.3 Å². The summed E-state index contributed by atoms with van der Waals surface area (Å²) in [5, 5.41) is 0. The maximum atomic E-state index is 12.7. The molecule has 0 spiro atoms. The molecule has 0 aliphatic rings. The van der Waals surface area contributed by atoms with Gasteiger partial charge in [0.05, 0.1) is 0 Å². The summed E-state index contributed by atoms with van der Waals surface area (Å²) in [6, 6.07) is 8.62. The third-order valence-corrected chi connectivity index (χ3v) is 4.29. The number of carbonyl (C=O) groups is 1. The number of halogens is 4. The molecule has 9 heteroatoms.